The molecule has 1 atom stereocenters. The van der Waals surface area contributed by atoms with Gasteiger partial charge < -0.3 is 19.6 Å². The molecule has 1 aromatic heterocycles. The highest BCUT2D eigenvalue weighted by molar-refractivity contribution is 6.03. The van der Waals surface area contributed by atoms with Gasteiger partial charge in [-0.2, -0.15) is 0 Å². The number of carboxylic acid groups (broad SMARTS) is 1. The highest BCUT2D eigenvalue weighted by Gasteiger charge is 2.23. The van der Waals surface area contributed by atoms with Crippen LogP contribution >= 0.6 is 0 Å². The van der Waals surface area contributed by atoms with Gasteiger partial charge in [0.2, 0.25) is 5.91 Å². The molecule has 3 N–H and O–H groups in total. The molecule has 0 fully saturated rings. The maximum atomic E-state index is 12.5. The molecular formula is C17H18N2O6. The third kappa shape index (κ3) is 5.18. The lowest BCUT2D eigenvalue weighted by Gasteiger charge is -2.17. The van der Waals surface area contributed by atoms with Crippen molar-refractivity contribution < 1.29 is 28.6 Å². The second-order valence-corrected chi connectivity index (χ2v) is 5.14. The van der Waals surface area contributed by atoms with Crippen molar-refractivity contribution in [1.82, 2.24) is 5.32 Å². The molecule has 8 heteroatoms. The molecule has 1 aromatic carbocycles. The molecule has 1 heterocycles. The number of esters is 1. The van der Waals surface area contributed by atoms with Gasteiger partial charge >= 0.3 is 11.9 Å². The zero-order valence-electron chi connectivity index (χ0n) is 13.5. The Bertz CT molecular complexity index is 741. The molecule has 132 valence electrons. The van der Waals surface area contributed by atoms with Crippen molar-refractivity contribution in [3.05, 3.63) is 54.0 Å². The number of para-hydroxylation sites is 1. The van der Waals surface area contributed by atoms with Gasteiger partial charge in [0.15, 0.2) is 0 Å². The average Bonchev–Trinajstić information content (AvgIpc) is 3.11. The van der Waals surface area contributed by atoms with Crippen LogP contribution in [0.3, 0.4) is 0 Å². The van der Waals surface area contributed by atoms with Gasteiger partial charge in [-0.25, -0.2) is 4.79 Å². The van der Waals surface area contributed by atoms with Crippen LogP contribution in [0.15, 0.2) is 47.1 Å². The predicted molar refractivity (Wildman–Crippen MR) is 88.0 cm³/mol. The van der Waals surface area contributed by atoms with Crippen molar-refractivity contribution in [2.45, 2.75) is 19.0 Å². The normalized spacial score (nSPS) is 11.6. The summed E-state index contributed by atoms with van der Waals surface area (Å²) >= 11 is 0. The SMILES string of the molecule is COC(=O)c1ccccc1NC(=O)C(CC(=O)O)NCc1ccco1. The Kier molecular flexibility index (Phi) is 6.30. The zero-order valence-corrected chi connectivity index (χ0v) is 13.5. The van der Waals surface area contributed by atoms with Gasteiger partial charge in [-0.15, -0.1) is 0 Å². The van der Waals surface area contributed by atoms with Gasteiger partial charge in [0.05, 0.1) is 43.6 Å². The number of nitrogens with one attached hydrogen (secondary N) is 2. The molecule has 0 saturated heterocycles. The van der Waals surface area contributed by atoms with E-state index in [9.17, 15) is 14.4 Å². The summed E-state index contributed by atoms with van der Waals surface area (Å²) in [7, 11) is 1.24. The van der Waals surface area contributed by atoms with Crippen LogP contribution < -0.4 is 10.6 Å². The van der Waals surface area contributed by atoms with E-state index >= 15 is 0 Å². The summed E-state index contributed by atoms with van der Waals surface area (Å²) in [6.45, 7) is 0.191. The van der Waals surface area contributed by atoms with E-state index in [0.29, 0.717) is 5.76 Å². The molecule has 2 rings (SSSR count). The molecule has 0 spiro atoms. The molecule has 0 aliphatic carbocycles. The summed E-state index contributed by atoms with van der Waals surface area (Å²) in [4.78, 5) is 35.2. The quantitative estimate of drug-likeness (QED) is 0.622. The fraction of sp³-hybridized carbons (Fsp3) is 0.235. The Labute approximate surface area is 143 Å². The fourth-order valence-electron chi connectivity index (χ4n) is 2.17. The summed E-state index contributed by atoms with van der Waals surface area (Å²) in [5, 5.41) is 14.4. The van der Waals surface area contributed by atoms with Crippen molar-refractivity contribution in [3.63, 3.8) is 0 Å². The van der Waals surface area contributed by atoms with E-state index in [4.69, 9.17) is 9.52 Å². The Balaban J connectivity index is 2.11. The third-order valence-corrected chi connectivity index (χ3v) is 3.39. The number of furan rings is 1. The fourth-order valence-corrected chi connectivity index (χ4v) is 2.17. The lowest BCUT2D eigenvalue weighted by Crippen LogP contribution is -2.41. The predicted octanol–water partition coefficient (Wildman–Crippen LogP) is 1.64. The first kappa shape index (κ1) is 18.2. The molecule has 0 aliphatic heterocycles. The van der Waals surface area contributed by atoms with Gasteiger partial charge in [0.1, 0.15) is 5.76 Å². The Morgan fingerprint density at radius 1 is 1.20 bits per heavy atom. The van der Waals surface area contributed by atoms with E-state index in [1.165, 1.54) is 25.5 Å². The molecule has 0 bridgehead atoms. The lowest BCUT2D eigenvalue weighted by atomic mass is 10.1. The Morgan fingerprint density at radius 2 is 1.96 bits per heavy atom. The number of methoxy groups -OCH3 is 1. The Morgan fingerprint density at radius 3 is 2.60 bits per heavy atom. The van der Waals surface area contributed by atoms with Crippen molar-refractivity contribution in [2.24, 2.45) is 0 Å². The molecule has 0 saturated carbocycles. The van der Waals surface area contributed by atoms with Crippen molar-refractivity contribution in [1.29, 1.82) is 0 Å². The number of amides is 1. The first-order valence-electron chi connectivity index (χ1n) is 7.47. The molecule has 0 aliphatic rings. The second-order valence-electron chi connectivity index (χ2n) is 5.14. The van der Waals surface area contributed by atoms with Crippen LogP contribution in [0, 0.1) is 0 Å². The number of ether oxygens (including phenoxy) is 1. The first-order chi connectivity index (χ1) is 12.0. The number of benzene rings is 1. The largest absolute Gasteiger partial charge is 0.481 e. The Hall–Kier alpha value is -3.13. The van der Waals surface area contributed by atoms with E-state index in [1.807, 2.05) is 0 Å². The molecule has 25 heavy (non-hydrogen) atoms. The summed E-state index contributed by atoms with van der Waals surface area (Å²) in [5.41, 5.74) is 0.424. The van der Waals surface area contributed by atoms with Gasteiger partial charge in [0, 0.05) is 0 Å². The lowest BCUT2D eigenvalue weighted by molar-refractivity contribution is -0.139. The minimum Gasteiger partial charge on any atom is -0.481 e. The standard InChI is InChI=1S/C17H18N2O6/c1-24-17(23)12-6-2-3-7-13(12)19-16(22)14(9-15(20)21)18-10-11-5-4-8-25-11/h2-8,14,18H,9-10H2,1H3,(H,19,22)(H,20,21). The smallest absolute Gasteiger partial charge is 0.339 e. The van der Waals surface area contributed by atoms with E-state index in [-0.39, 0.29) is 17.8 Å². The second kappa shape index (κ2) is 8.65. The van der Waals surface area contributed by atoms with E-state index in [0.717, 1.165) is 0 Å². The van der Waals surface area contributed by atoms with Crippen LogP contribution in [0.5, 0.6) is 0 Å². The van der Waals surface area contributed by atoms with Gasteiger partial charge in [-0.05, 0) is 24.3 Å². The average molecular weight is 346 g/mol. The summed E-state index contributed by atoms with van der Waals surface area (Å²) in [5.74, 6) is -1.74. The molecule has 8 nitrogen and oxygen atoms in total. The first-order valence-corrected chi connectivity index (χ1v) is 7.47. The summed E-state index contributed by atoms with van der Waals surface area (Å²) < 4.78 is 9.82. The number of rotatable bonds is 8. The van der Waals surface area contributed by atoms with Crippen LogP contribution in [0.2, 0.25) is 0 Å². The van der Waals surface area contributed by atoms with Gasteiger partial charge in [-0.1, -0.05) is 12.1 Å². The summed E-state index contributed by atoms with van der Waals surface area (Å²) in [6, 6.07) is 8.70. The number of carboxylic acids is 1. The van der Waals surface area contributed by atoms with E-state index in [1.54, 1.807) is 24.3 Å². The van der Waals surface area contributed by atoms with Crippen LogP contribution in [0.4, 0.5) is 5.69 Å². The zero-order chi connectivity index (χ0) is 18.2. The molecular weight excluding hydrogens is 328 g/mol. The monoisotopic (exact) mass is 346 g/mol. The number of hydrogen-bond acceptors (Lipinski definition) is 6. The molecule has 1 amide bonds. The summed E-state index contributed by atoms with van der Waals surface area (Å²) in [6.07, 6.45) is 1.06. The number of carbonyl (C=O) groups excluding carboxylic acids is 2. The van der Waals surface area contributed by atoms with Crippen LogP contribution in [0.1, 0.15) is 22.5 Å². The maximum absolute atomic E-state index is 12.5. The van der Waals surface area contributed by atoms with Crippen molar-refractivity contribution in [3.8, 4) is 0 Å². The maximum Gasteiger partial charge on any atom is 0.339 e. The van der Waals surface area contributed by atoms with Crippen molar-refractivity contribution in [2.75, 3.05) is 12.4 Å². The number of carbonyl (C=O) groups is 3. The van der Waals surface area contributed by atoms with E-state index < -0.39 is 30.3 Å². The van der Waals surface area contributed by atoms with Crippen LogP contribution in [0.25, 0.3) is 0 Å². The molecule has 2 aromatic rings. The number of anilines is 1. The minimum atomic E-state index is -1.13. The van der Waals surface area contributed by atoms with Gasteiger partial charge in [0.25, 0.3) is 0 Å². The van der Waals surface area contributed by atoms with Crippen LogP contribution in [-0.4, -0.2) is 36.1 Å². The van der Waals surface area contributed by atoms with E-state index in [2.05, 4.69) is 15.4 Å². The van der Waals surface area contributed by atoms with Crippen molar-refractivity contribution >= 4 is 23.5 Å². The highest BCUT2D eigenvalue weighted by atomic mass is 16.5. The topological polar surface area (TPSA) is 118 Å². The molecule has 1 unspecified atom stereocenters. The minimum absolute atomic E-state index is 0.179. The molecule has 0 radical (unpaired) electrons. The number of hydrogen-bond donors (Lipinski definition) is 3. The van der Waals surface area contributed by atoms with Gasteiger partial charge in [-0.3, -0.25) is 14.9 Å². The number of aliphatic carboxylic acids is 1. The third-order valence-electron chi connectivity index (χ3n) is 3.39. The highest BCUT2D eigenvalue weighted by Crippen LogP contribution is 2.16. The van der Waals surface area contributed by atoms with Crippen LogP contribution in [-0.2, 0) is 20.9 Å².